The molecule has 2 rings (SSSR count). The van der Waals surface area contributed by atoms with Crippen molar-refractivity contribution in [1.82, 2.24) is 4.90 Å². The number of nitrogens with one attached hydrogen (secondary N) is 1. The molecule has 0 bridgehead atoms. The summed E-state index contributed by atoms with van der Waals surface area (Å²) < 4.78 is 0. The maximum Gasteiger partial charge on any atom is 0.234 e. The summed E-state index contributed by atoms with van der Waals surface area (Å²) in [5.74, 6) is 1.56. The minimum Gasteiger partial charge on any atom is -0.325 e. The van der Waals surface area contributed by atoms with Crippen molar-refractivity contribution >= 4 is 35.0 Å². The Morgan fingerprint density at radius 3 is 2.73 bits per heavy atom. The van der Waals surface area contributed by atoms with Crippen LogP contribution in [0.4, 0.5) is 5.69 Å². The highest BCUT2D eigenvalue weighted by Crippen LogP contribution is 2.23. The van der Waals surface area contributed by atoms with Gasteiger partial charge in [-0.1, -0.05) is 30.5 Å². The molecule has 1 heterocycles. The Hall–Kier alpha value is -0.710. The zero-order valence-corrected chi connectivity index (χ0v) is 14.8. The van der Waals surface area contributed by atoms with E-state index in [1.807, 2.05) is 25.1 Å². The number of anilines is 1. The second-order valence-electron chi connectivity index (χ2n) is 5.77. The molecule has 0 unspecified atom stereocenters. The molecule has 0 saturated carbocycles. The molecular formula is C17H25ClN2OS. The number of amides is 1. The molecule has 1 aromatic carbocycles. The first-order chi connectivity index (χ1) is 10.7. The van der Waals surface area contributed by atoms with Crippen LogP contribution in [0, 0.1) is 6.92 Å². The van der Waals surface area contributed by atoms with Gasteiger partial charge in [0, 0.05) is 23.0 Å². The van der Waals surface area contributed by atoms with Gasteiger partial charge in [0.05, 0.1) is 5.75 Å². The van der Waals surface area contributed by atoms with Gasteiger partial charge in [0.25, 0.3) is 0 Å². The van der Waals surface area contributed by atoms with Crippen LogP contribution in [0.1, 0.15) is 31.2 Å². The Balaban J connectivity index is 1.66. The number of benzene rings is 1. The molecule has 3 nitrogen and oxygen atoms in total. The Morgan fingerprint density at radius 2 is 2.00 bits per heavy atom. The largest absolute Gasteiger partial charge is 0.325 e. The van der Waals surface area contributed by atoms with Crippen LogP contribution < -0.4 is 5.32 Å². The van der Waals surface area contributed by atoms with Crippen molar-refractivity contribution in [1.29, 1.82) is 0 Å². The van der Waals surface area contributed by atoms with Crippen LogP contribution in [0.3, 0.4) is 0 Å². The van der Waals surface area contributed by atoms with E-state index in [2.05, 4.69) is 10.2 Å². The average Bonchev–Trinajstić information content (AvgIpc) is 2.77. The minimum absolute atomic E-state index is 0.0474. The summed E-state index contributed by atoms with van der Waals surface area (Å²) in [6.45, 7) is 5.45. The highest BCUT2D eigenvalue weighted by atomic mass is 35.5. The molecule has 1 N–H and O–H groups in total. The quantitative estimate of drug-likeness (QED) is 0.788. The standard InChI is InChI=1S/C17H25ClN2OS/c1-14-15(18)7-6-8-16(14)19-17(21)13-22-12-11-20-9-4-2-3-5-10-20/h6-8H,2-5,9-13H2,1H3,(H,19,21). The van der Waals surface area contributed by atoms with Gasteiger partial charge in [-0.15, -0.1) is 0 Å². The molecule has 1 aliphatic heterocycles. The van der Waals surface area contributed by atoms with E-state index >= 15 is 0 Å². The number of halogens is 1. The van der Waals surface area contributed by atoms with Crippen LogP contribution in [0.15, 0.2) is 18.2 Å². The maximum absolute atomic E-state index is 12.0. The van der Waals surface area contributed by atoms with E-state index in [0.717, 1.165) is 23.5 Å². The van der Waals surface area contributed by atoms with Gasteiger partial charge in [-0.25, -0.2) is 0 Å². The summed E-state index contributed by atoms with van der Waals surface area (Å²) in [7, 11) is 0. The molecule has 0 aliphatic carbocycles. The first kappa shape index (κ1) is 17.6. The monoisotopic (exact) mass is 340 g/mol. The summed E-state index contributed by atoms with van der Waals surface area (Å²) in [5, 5.41) is 3.63. The van der Waals surface area contributed by atoms with Gasteiger partial charge in [0.2, 0.25) is 5.91 Å². The summed E-state index contributed by atoms with van der Waals surface area (Å²) in [6.07, 6.45) is 5.37. The molecule has 1 fully saturated rings. The first-order valence-electron chi connectivity index (χ1n) is 8.02. The molecule has 1 saturated heterocycles. The van der Waals surface area contributed by atoms with E-state index in [9.17, 15) is 4.79 Å². The van der Waals surface area contributed by atoms with Gasteiger partial charge >= 0.3 is 0 Å². The first-order valence-corrected chi connectivity index (χ1v) is 9.55. The number of hydrogen-bond acceptors (Lipinski definition) is 3. The van der Waals surface area contributed by atoms with Gasteiger partial charge in [-0.2, -0.15) is 11.8 Å². The predicted molar refractivity (Wildman–Crippen MR) is 97.1 cm³/mol. The van der Waals surface area contributed by atoms with Crippen LogP contribution in [0.5, 0.6) is 0 Å². The zero-order valence-electron chi connectivity index (χ0n) is 13.2. The normalized spacial score (nSPS) is 16.3. The van der Waals surface area contributed by atoms with E-state index in [-0.39, 0.29) is 5.91 Å². The smallest absolute Gasteiger partial charge is 0.234 e. The molecule has 0 radical (unpaired) electrons. The topological polar surface area (TPSA) is 32.3 Å². The summed E-state index contributed by atoms with van der Waals surface area (Å²) in [4.78, 5) is 14.5. The highest BCUT2D eigenvalue weighted by Gasteiger charge is 2.10. The Morgan fingerprint density at radius 1 is 1.27 bits per heavy atom. The van der Waals surface area contributed by atoms with Crippen LogP contribution in [0.2, 0.25) is 5.02 Å². The SMILES string of the molecule is Cc1c(Cl)cccc1NC(=O)CSCCN1CCCCCC1. The lowest BCUT2D eigenvalue weighted by Gasteiger charge is -2.19. The second kappa shape index (κ2) is 9.43. The predicted octanol–water partition coefficient (Wildman–Crippen LogP) is 4.20. The van der Waals surface area contributed by atoms with Crippen molar-refractivity contribution < 1.29 is 4.79 Å². The van der Waals surface area contributed by atoms with Crippen molar-refractivity contribution in [3.05, 3.63) is 28.8 Å². The maximum atomic E-state index is 12.0. The number of thioether (sulfide) groups is 1. The summed E-state index contributed by atoms with van der Waals surface area (Å²) in [6, 6.07) is 5.58. The Labute approximate surface area is 142 Å². The van der Waals surface area contributed by atoms with Crippen molar-refractivity contribution in [3.8, 4) is 0 Å². The fourth-order valence-corrected chi connectivity index (χ4v) is 3.61. The van der Waals surface area contributed by atoms with Crippen molar-refractivity contribution in [2.75, 3.05) is 36.5 Å². The lowest BCUT2D eigenvalue weighted by Crippen LogP contribution is -2.27. The Kier molecular flexibility index (Phi) is 7.56. The van der Waals surface area contributed by atoms with Crippen molar-refractivity contribution in [2.45, 2.75) is 32.6 Å². The number of nitrogens with zero attached hydrogens (tertiary/aromatic N) is 1. The van der Waals surface area contributed by atoms with Gasteiger partial charge in [0.15, 0.2) is 0 Å². The third kappa shape index (κ3) is 5.82. The van der Waals surface area contributed by atoms with Crippen LogP contribution in [-0.4, -0.2) is 41.9 Å². The number of carbonyl (C=O) groups is 1. The summed E-state index contributed by atoms with van der Waals surface area (Å²) >= 11 is 7.77. The van der Waals surface area contributed by atoms with Gasteiger partial charge < -0.3 is 10.2 Å². The van der Waals surface area contributed by atoms with Crippen LogP contribution in [-0.2, 0) is 4.79 Å². The van der Waals surface area contributed by atoms with E-state index in [0.29, 0.717) is 10.8 Å². The van der Waals surface area contributed by atoms with Gasteiger partial charge in [0.1, 0.15) is 0 Å². The number of rotatable bonds is 6. The molecule has 1 amide bonds. The minimum atomic E-state index is 0.0474. The van der Waals surface area contributed by atoms with Crippen LogP contribution in [0.25, 0.3) is 0 Å². The molecule has 122 valence electrons. The molecule has 1 aromatic rings. The molecule has 1 aliphatic rings. The van der Waals surface area contributed by atoms with Crippen molar-refractivity contribution in [2.24, 2.45) is 0 Å². The molecule has 0 atom stereocenters. The van der Waals surface area contributed by atoms with E-state index in [1.165, 1.54) is 38.8 Å². The van der Waals surface area contributed by atoms with Gasteiger partial charge in [-0.3, -0.25) is 4.79 Å². The molecular weight excluding hydrogens is 316 g/mol. The fraction of sp³-hybridized carbons (Fsp3) is 0.588. The number of carbonyl (C=O) groups excluding carboxylic acids is 1. The summed E-state index contributed by atoms with van der Waals surface area (Å²) in [5.41, 5.74) is 1.73. The number of likely N-dealkylation sites (tertiary alicyclic amines) is 1. The lowest BCUT2D eigenvalue weighted by molar-refractivity contribution is -0.113. The lowest BCUT2D eigenvalue weighted by atomic mass is 10.2. The average molecular weight is 341 g/mol. The Bertz CT molecular complexity index is 488. The van der Waals surface area contributed by atoms with E-state index in [4.69, 9.17) is 11.6 Å². The zero-order chi connectivity index (χ0) is 15.8. The van der Waals surface area contributed by atoms with Gasteiger partial charge in [-0.05, 0) is 50.6 Å². The van der Waals surface area contributed by atoms with E-state index in [1.54, 1.807) is 11.8 Å². The third-order valence-corrected chi connectivity index (χ3v) is 5.37. The fourth-order valence-electron chi connectivity index (χ4n) is 2.65. The molecule has 0 spiro atoms. The highest BCUT2D eigenvalue weighted by molar-refractivity contribution is 7.99. The molecule has 22 heavy (non-hydrogen) atoms. The van der Waals surface area contributed by atoms with Crippen molar-refractivity contribution in [3.63, 3.8) is 0 Å². The third-order valence-electron chi connectivity index (χ3n) is 4.03. The second-order valence-corrected chi connectivity index (χ2v) is 7.28. The molecule has 5 heteroatoms. The number of hydrogen-bond donors (Lipinski definition) is 1. The molecule has 0 aromatic heterocycles. The van der Waals surface area contributed by atoms with Crippen LogP contribution >= 0.6 is 23.4 Å². The van der Waals surface area contributed by atoms with E-state index < -0.39 is 0 Å².